The number of hydrogen-bond acceptors (Lipinski definition) is 8. The van der Waals surface area contributed by atoms with E-state index < -0.39 is 45.1 Å². The molecule has 0 amide bonds. The lowest BCUT2D eigenvalue weighted by Gasteiger charge is -2.20. The molecule has 0 aromatic carbocycles. The number of rotatable bonds is 43. The topological polar surface area (TPSA) is 155 Å². The van der Waals surface area contributed by atoms with Gasteiger partial charge in [-0.05, 0) is 51.4 Å². The molecule has 11 heteroatoms. The zero-order valence-corrected chi connectivity index (χ0v) is 37.1. The summed E-state index contributed by atoms with van der Waals surface area (Å²) in [7, 11) is -4.63. The Morgan fingerprint density at radius 1 is 0.579 bits per heavy atom. The molecule has 0 radical (unpaired) electrons. The highest BCUT2D eigenvalue weighted by atomic mass is 31.2. The zero-order valence-electron chi connectivity index (χ0n) is 36.2. The lowest BCUT2D eigenvalue weighted by atomic mass is 10.0. The molecule has 0 aliphatic heterocycles. The number of ether oxygens (including phenoxy) is 2. The summed E-state index contributed by atoms with van der Waals surface area (Å²) < 4.78 is 33.3. The molecule has 0 spiro atoms. The summed E-state index contributed by atoms with van der Waals surface area (Å²) in [6.07, 6.45) is 48.9. The lowest BCUT2D eigenvalue weighted by Crippen LogP contribution is -2.34. The predicted octanol–water partition coefficient (Wildman–Crippen LogP) is 12.6. The molecule has 10 nitrogen and oxygen atoms in total. The first-order chi connectivity index (χ1) is 27.7. The van der Waals surface area contributed by atoms with E-state index in [-0.39, 0.29) is 13.0 Å². The van der Waals surface area contributed by atoms with Gasteiger partial charge in [0.25, 0.3) is 0 Å². The first-order valence-corrected chi connectivity index (χ1v) is 24.2. The van der Waals surface area contributed by atoms with E-state index in [4.69, 9.17) is 29.4 Å². The fraction of sp³-hybridized carbons (Fsp3) is 0.783. The van der Waals surface area contributed by atoms with E-state index in [9.17, 15) is 19.0 Å². The number of carboxylic acids is 1. The van der Waals surface area contributed by atoms with Crippen molar-refractivity contribution in [2.24, 2.45) is 5.73 Å². The molecule has 3 atom stereocenters. The van der Waals surface area contributed by atoms with E-state index in [2.05, 4.69) is 62.5 Å². The molecule has 0 saturated heterocycles. The summed E-state index contributed by atoms with van der Waals surface area (Å²) in [5.41, 5.74) is 5.35. The van der Waals surface area contributed by atoms with Crippen LogP contribution in [0.25, 0.3) is 0 Å². The maximum absolute atomic E-state index is 12.6. The minimum atomic E-state index is -4.63. The zero-order chi connectivity index (χ0) is 41.9. The van der Waals surface area contributed by atoms with Crippen LogP contribution in [0.4, 0.5) is 0 Å². The predicted molar refractivity (Wildman–Crippen MR) is 235 cm³/mol. The summed E-state index contributed by atoms with van der Waals surface area (Å²) in [5, 5.41) is 8.90. The maximum atomic E-state index is 12.6. The third-order valence-corrected chi connectivity index (χ3v) is 10.6. The molecule has 332 valence electrons. The van der Waals surface area contributed by atoms with Crippen molar-refractivity contribution in [3.63, 3.8) is 0 Å². The number of carbonyl (C=O) groups excluding carboxylic acids is 1. The van der Waals surface area contributed by atoms with Gasteiger partial charge in [0, 0.05) is 13.0 Å². The van der Waals surface area contributed by atoms with E-state index >= 15 is 0 Å². The molecule has 0 aliphatic rings. The smallest absolute Gasteiger partial charge is 0.472 e. The number of unbranched alkanes of at least 4 members (excludes halogenated alkanes) is 21. The van der Waals surface area contributed by atoms with Gasteiger partial charge in [0.15, 0.2) is 0 Å². The number of phosphoric acid groups is 1. The van der Waals surface area contributed by atoms with Gasteiger partial charge in [-0.15, -0.1) is 0 Å². The highest BCUT2D eigenvalue weighted by molar-refractivity contribution is 7.47. The van der Waals surface area contributed by atoms with Crippen molar-refractivity contribution in [3.8, 4) is 0 Å². The first kappa shape index (κ1) is 54.9. The third-order valence-electron chi connectivity index (χ3n) is 9.62. The highest BCUT2D eigenvalue weighted by Gasteiger charge is 2.27. The van der Waals surface area contributed by atoms with Crippen LogP contribution in [0.2, 0.25) is 0 Å². The van der Waals surface area contributed by atoms with Crippen LogP contribution < -0.4 is 5.73 Å². The number of aliphatic carboxylic acids is 1. The number of esters is 1. The molecule has 3 unspecified atom stereocenters. The van der Waals surface area contributed by atoms with Gasteiger partial charge in [0.05, 0.1) is 19.8 Å². The Labute approximate surface area is 348 Å². The van der Waals surface area contributed by atoms with Gasteiger partial charge in [-0.25, -0.2) is 4.57 Å². The molecular formula is C46H84NO9P. The molecule has 57 heavy (non-hydrogen) atoms. The number of phosphoric ester groups is 1. The van der Waals surface area contributed by atoms with E-state index in [1.54, 1.807) is 0 Å². The van der Waals surface area contributed by atoms with E-state index in [1.165, 1.54) is 109 Å². The third kappa shape index (κ3) is 41.9. The largest absolute Gasteiger partial charge is 0.480 e. The Hall–Kier alpha value is -2.07. The van der Waals surface area contributed by atoms with Crippen molar-refractivity contribution in [1.82, 2.24) is 0 Å². The second kappa shape index (κ2) is 42.1. The Morgan fingerprint density at radius 3 is 1.49 bits per heavy atom. The highest BCUT2D eigenvalue weighted by Crippen LogP contribution is 2.43. The van der Waals surface area contributed by atoms with Gasteiger partial charge in [-0.1, -0.05) is 184 Å². The standard InChI is InChI=1S/C46H84NO9P/c1-3-5-7-9-11-13-15-17-19-20-21-22-23-25-27-29-31-33-35-37-39-53-40-43(41-54-57(51,52)55-42-44(47)46(49)50)56-45(48)38-36-34-32-30-28-26-24-18-16-14-12-10-8-6-4-2/h6,8,12,14,18,24,28,30,43-44H,3-5,7,9-11,13,15-17,19-23,25-27,29,31-42,47H2,1-2H3,(H,49,50)(H,51,52)/b8-6-,14-12-,24-18-,30-28-. The van der Waals surface area contributed by atoms with E-state index in [0.717, 1.165) is 57.8 Å². The van der Waals surface area contributed by atoms with Crippen molar-refractivity contribution < 1.29 is 42.7 Å². The number of allylic oxidation sites excluding steroid dienone is 8. The van der Waals surface area contributed by atoms with Crippen LogP contribution in [0.15, 0.2) is 48.6 Å². The molecule has 0 aromatic heterocycles. The summed E-state index contributed by atoms with van der Waals surface area (Å²) in [4.78, 5) is 33.5. The van der Waals surface area contributed by atoms with Crippen LogP contribution in [0.3, 0.4) is 0 Å². The number of hydrogen-bond donors (Lipinski definition) is 3. The second-order valence-electron chi connectivity index (χ2n) is 15.2. The van der Waals surface area contributed by atoms with Crippen LogP contribution in [0.5, 0.6) is 0 Å². The quantitative estimate of drug-likeness (QED) is 0.0234. The average Bonchev–Trinajstić information content (AvgIpc) is 3.19. The van der Waals surface area contributed by atoms with Gasteiger partial charge in [-0.3, -0.25) is 18.6 Å². The van der Waals surface area contributed by atoms with Crippen LogP contribution in [-0.2, 0) is 32.7 Å². The summed E-state index contributed by atoms with van der Waals surface area (Å²) in [6, 6.07) is -1.48. The number of carbonyl (C=O) groups is 2. The van der Waals surface area contributed by atoms with E-state index in [0.29, 0.717) is 13.0 Å². The number of nitrogens with two attached hydrogens (primary N) is 1. The van der Waals surface area contributed by atoms with Gasteiger partial charge >= 0.3 is 19.8 Å². The Balaban J connectivity index is 4.22. The van der Waals surface area contributed by atoms with Gasteiger partial charge < -0.3 is 25.2 Å². The molecule has 0 aromatic rings. The average molecular weight is 826 g/mol. The summed E-state index contributed by atoms with van der Waals surface area (Å²) in [6.45, 7) is 3.73. The van der Waals surface area contributed by atoms with Gasteiger partial charge in [-0.2, -0.15) is 0 Å². The van der Waals surface area contributed by atoms with Crippen molar-refractivity contribution in [1.29, 1.82) is 0 Å². The van der Waals surface area contributed by atoms with Crippen LogP contribution >= 0.6 is 7.82 Å². The summed E-state index contributed by atoms with van der Waals surface area (Å²) in [5.74, 6) is -1.82. The Kier molecular flexibility index (Phi) is 40.5. The second-order valence-corrected chi connectivity index (χ2v) is 16.6. The fourth-order valence-corrected chi connectivity index (χ4v) is 6.90. The summed E-state index contributed by atoms with van der Waals surface area (Å²) >= 11 is 0. The van der Waals surface area contributed by atoms with Crippen LogP contribution in [-0.4, -0.2) is 60.5 Å². The van der Waals surface area contributed by atoms with Crippen LogP contribution in [0, 0.1) is 0 Å². The molecule has 4 N–H and O–H groups in total. The van der Waals surface area contributed by atoms with Gasteiger partial charge in [0.2, 0.25) is 0 Å². The Morgan fingerprint density at radius 2 is 1.02 bits per heavy atom. The van der Waals surface area contributed by atoms with Gasteiger partial charge in [0.1, 0.15) is 12.1 Å². The molecule has 0 aliphatic carbocycles. The van der Waals surface area contributed by atoms with Crippen molar-refractivity contribution >= 4 is 19.8 Å². The van der Waals surface area contributed by atoms with Crippen LogP contribution in [0.1, 0.15) is 194 Å². The number of carboxylic acid groups (broad SMARTS) is 1. The molecule has 0 heterocycles. The first-order valence-electron chi connectivity index (χ1n) is 22.7. The van der Waals surface area contributed by atoms with Crippen molar-refractivity contribution in [3.05, 3.63) is 48.6 Å². The Bertz CT molecular complexity index is 1090. The molecule has 0 rings (SSSR count). The molecular weight excluding hydrogens is 741 g/mol. The molecule has 0 bridgehead atoms. The maximum Gasteiger partial charge on any atom is 0.472 e. The fourth-order valence-electron chi connectivity index (χ4n) is 6.12. The normalized spacial score (nSPS) is 14.3. The lowest BCUT2D eigenvalue weighted by molar-refractivity contribution is -0.154. The van der Waals surface area contributed by atoms with Crippen molar-refractivity contribution in [2.75, 3.05) is 26.4 Å². The minimum Gasteiger partial charge on any atom is -0.480 e. The SMILES string of the molecule is CC/C=C\C/C=C\C/C=C\C/C=C\CCCCC(=O)OC(COCCCCCCCCCCCCCCCCCCCCCC)COP(=O)(O)OCC(N)C(=O)O. The molecule has 0 saturated carbocycles. The minimum absolute atomic E-state index is 0.00145. The monoisotopic (exact) mass is 826 g/mol. The molecule has 0 fully saturated rings. The van der Waals surface area contributed by atoms with E-state index in [1.807, 2.05) is 0 Å². The van der Waals surface area contributed by atoms with Crippen molar-refractivity contribution in [2.45, 2.75) is 206 Å².